The molecule has 1 fully saturated rings. The average molecular weight is 492 g/mol. The average Bonchev–Trinajstić information content (AvgIpc) is 2.84. The molecule has 0 spiro atoms. The quantitative estimate of drug-likeness (QED) is 0.453. The van der Waals surface area contributed by atoms with Gasteiger partial charge in [0.1, 0.15) is 6.10 Å². The molecule has 1 aliphatic rings. The zero-order valence-electron chi connectivity index (χ0n) is 20.8. The smallest absolute Gasteiger partial charge is 0.311 e. The number of aryl methyl sites for hydroxylation is 1. The van der Waals surface area contributed by atoms with Gasteiger partial charge in [-0.25, -0.2) is 8.42 Å². The van der Waals surface area contributed by atoms with Gasteiger partial charge in [-0.05, 0) is 51.0 Å². The highest BCUT2D eigenvalue weighted by Gasteiger charge is 2.47. The first-order chi connectivity index (χ1) is 16.5. The summed E-state index contributed by atoms with van der Waals surface area (Å²) in [6.07, 6.45) is -0.112. The minimum Gasteiger partial charge on any atom is -0.461 e. The molecule has 184 valence electrons. The molecule has 1 aliphatic heterocycles. The van der Waals surface area contributed by atoms with Crippen molar-refractivity contribution in [2.45, 2.75) is 50.5 Å². The molecule has 3 aromatic rings. The van der Waals surface area contributed by atoms with Gasteiger partial charge in [0.15, 0.2) is 0 Å². The molecule has 0 bridgehead atoms. The third kappa shape index (κ3) is 5.19. The van der Waals surface area contributed by atoms with Crippen molar-refractivity contribution in [3.8, 4) is 0 Å². The summed E-state index contributed by atoms with van der Waals surface area (Å²) >= 11 is 0. The van der Waals surface area contributed by atoms with Gasteiger partial charge in [-0.3, -0.25) is 4.79 Å². The zero-order chi connectivity index (χ0) is 25.3. The van der Waals surface area contributed by atoms with Crippen LogP contribution in [0, 0.1) is 12.3 Å². The number of rotatable bonds is 5. The molecule has 5 nitrogen and oxygen atoms in total. The third-order valence-corrected chi connectivity index (χ3v) is 8.45. The lowest BCUT2D eigenvalue weighted by Crippen LogP contribution is -2.55. The van der Waals surface area contributed by atoms with Crippen molar-refractivity contribution in [1.29, 1.82) is 0 Å². The molecule has 1 unspecified atom stereocenters. The molecule has 1 heterocycles. The number of esters is 1. The van der Waals surface area contributed by atoms with E-state index in [9.17, 15) is 13.2 Å². The summed E-state index contributed by atoms with van der Waals surface area (Å²) in [5.41, 5.74) is 1.60. The summed E-state index contributed by atoms with van der Waals surface area (Å²) in [7, 11) is -3.83. The van der Waals surface area contributed by atoms with Gasteiger partial charge in [-0.2, -0.15) is 4.31 Å². The highest BCUT2D eigenvalue weighted by Crippen LogP contribution is 2.43. The Hall–Kier alpha value is -2.96. The number of carbonyl (C=O) groups excluding carboxylic acids is 1. The second kappa shape index (κ2) is 9.59. The number of piperidine rings is 1. The molecule has 0 aromatic heterocycles. The predicted octanol–water partition coefficient (Wildman–Crippen LogP) is 5.33. The van der Waals surface area contributed by atoms with Crippen molar-refractivity contribution in [1.82, 2.24) is 4.31 Å². The first-order valence-corrected chi connectivity index (χ1v) is 13.4. The van der Waals surface area contributed by atoms with Crippen molar-refractivity contribution in [3.63, 3.8) is 0 Å². The summed E-state index contributed by atoms with van der Waals surface area (Å²) in [6.45, 7) is 7.71. The molecule has 0 amide bonds. The fourth-order valence-electron chi connectivity index (χ4n) is 4.66. The van der Waals surface area contributed by atoms with Crippen LogP contribution in [0.2, 0.25) is 0 Å². The Balaban J connectivity index is 1.85. The minimum atomic E-state index is -3.83. The second-order valence-electron chi connectivity index (χ2n) is 10.4. The monoisotopic (exact) mass is 491 g/mol. The number of ether oxygens (including phenoxy) is 1. The first-order valence-electron chi connectivity index (χ1n) is 11.9. The summed E-state index contributed by atoms with van der Waals surface area (Å²) < 4.78 is 35.2. The Kier molecular flexibility index (Phi) is 6.89. The van der Waals surface area contributed by atoms with E-state index in [1.165, 1.54) is 4.31 Å². The van der Waals surface area contributed by atoms with E-state index in [4.69, 9.17) is 4.74 Å². The molecule has 0 radical (unpaired) electrons. The fourth-order valence-corrected chi connectivity index (χ4v) is 6.19. The van der Waals surface area contributed by atoms with Crippen molar-refractivity contribution in [3.05, 3.63) is 102 Å². The molecule has 35 heavy (non-hydrogen) atoms. The summed E-state index contributed by atoms with van der Waals surface area (Å²) in [4.78, 5) is 13.1. The standard InChI is InChI=1S/C29H33NO4S/c1-22-15-17-26(18-16-22)35(32,33)30-20-25(34-27(31)28(2,3)4)19-29(21-30,23-11-7-5-8-12-23)24-13-9-6-10-14-24/h5-18,25H,19-21H2,1-4H3. The summed E-state index contributed by atoms with van der Waals surface area (Å²) in [6, 6.07) is 26.7. The van der Waals surface area contributed by atoms with Crippen LogP contribution in [-0.2, 0) is 25.0 Å². The number of benzene rings is 3. The van der Waals surface area contributed by atoms with E-state index in [1.54, 1.807) is 45.0 Å². The van der Waals surface area contributed by atoms with E-state index in [0.29, 0.717) is 6.42 Å². The van der Waals surface area contributed by atoms with Crippen LogP contribution < -0.4 is 0 Å². The Morgan fingerprint density at radius 3 is 1.89 bits per heavy atom. The van der Waals surface area contributed by atoms with E-state index in [0.717, 1.165) is 16.7 Å². The summed E-state index contributed by atoms with van der Waals surface area (Å²) in [5, 5.41) is 0. The van der Waals surface area contributed by atoms with E-state index in [1.807, 2.05) is 67.6 Å². The van der Waals surface area contributed by atoms with Crippen LogP contribution in [0.3, 0.4) is 0 Å². The Labute approximate surface area is 208 Å². The van der Waals surface area contributed by atoms with E-state index >= 15 is 0 Å². The van der Waals surface area contributed by atoms with E-state index in [2.05, 4.69) is 0 Å². The van der Waals surface area contributed by atoms with Gasteiger partial charge in [-0.15, -0.1) is 0 Å². The van der Waals surface area contributed by atoms with Gasteiger partial charge >= 0.3 is 5.97 Å². The molecule has 0 aliphatic carbocycles. The maximum atomic E-state index is 13.9. The first kappa shape index (κ1) is 25.1. The Morgan fingerprint density at radius 2 is 1.40 bits per heavy atom. The molecular weight excluding hydrogens is 458 g/mol. The van der Waals surface area contributed by atoms with E-state index in [-0.39, 0.29) is 24.0 Å². The molecule has 0 saturated carbocycles. The van der Waals surface area contributed by atoms with E-state index < -0.39 is 27.0 Å². The van der Waals surface area contributed by atoms with Crippen LogP contribution in [-0.4, -0.2) is 37.9 Å². The molecule has 1 atom stereocenters. The number of hydrogen-bond acceptors (Lipinski definition) is 4. The van der Waals surface area contributed by atoms with Crippen molar-refractivity contribution in [2.24, 2.45) is 5.41 Å². The SMILES string of the molecule is Cc1ccc(S(=O)(=O)N2CC(OC(=O)C(C)(C)C)CC(c3ccccc3)(c3ccccc3)C2)cc1. The third-order valence-electron chi connectivity index (χ3n) is 6.63. The number of nitrogens with zero attached hydrogens (tertiary/aromatic N) is 1. The van der Waals surface area contributed by atoms with Crippen molar-refractivity contribution < 1.29 is 17.9 Å². The van der Waals surface area contributed by atoms with Crippen LogP contribution in [0.5, 0.6) is 0 Å². The zero-order valence-corrected chi connectivity index (χ0v) is 21.6. The van der Waals surface area contributed by atoms with Gasteiger partial charge in [0.05, 0.1) is 16.9 Å². The largest absolute Gasteiger partial charge is 0.461 e. The minimum absolute atomic E-state index is 0.111. The maximum absolute atomic E-state index is 13.9. The Bertz CT molecular complexity index is 1220. The molecular formula is C29H33NO4S. The predicted molar refractivity (Wildman–Crippen MR) is 138 cm³/mol. The topological polar surface area (TPSA) is 63.7 Å². The lowest BCUT2D eigenvalue weighted by Gasteiger charge is -2.46. The lowest BCUT2D eigenvalue weighted by molar-refractivity contribution is -0.161. The van der Waals surface area contributed by atoms with Crippen molar-refractivity contribution >= 4 is 16.0 Å². The second-order valence-corrected chi connectivity index (χ2v) is 12.3. The van der Waals surface area contributed by atoms with Crippen LogP contribution in [0.4, 0.5) is 0 Å². The summed E-state index contributed by atoms with van der Waals surface area (Å²) in [5.74, 6) is -0.341. The Morgan fingerprint density at radius 1 is 0.886 bits per heavy atom. The van der Waals surface area contributed by atoms with Gasteiger partial charge in [0, 0.05) is 18.4 Å². The number of hydrogen-bond donors (Lipinski definition) is 0. The molecule has 6 heteroatoms. The van der Waals surface area contributed by atoms with Crippen LogP contribution in [0.25, 0.3) is 0 Å². The molecule has 0 N–H and O–H groups in total. The van der Waals surface area contributed by atoms with Crippen LogP contribution >= 0.6 is 0 Å². The molecule has 3 aromatic carbocycles. The van der Waals surface area contributed by atoms with Gasteiger partial charge in [0.25, 0.3) is 0 Å². The molecule has 4 rings (SSSR count). The van der Waals surface area contributed by atoms with Crippen LogP contribution in [0.1, 0.15) is 43.9 Å². The highest BCUT2D eigenvalue weighted by molar-refractivity contribution is 7.89. The molecule has 1 saturated heterocycles. The number of carbonyl (C=O) groups is 1. The van der Waals surface area contributed by atoms with Crippen LogP contribution in [0.15, 0.2) is 89.8 Å². The van der Waals surface area contributed by atoms with Crippen molar-refractivity contribution in [2.75, 3.05) is 13.1 Å². The van der Waals surface area contributed by atoms with Gasteiger partial charge in [0.2, 0.25) is 10.0 Å². The maximum Gasteiger partial charge on any atom is 0.311 e. The lowest BCUT2D eigenvalue weighted by atomic mass is 9.69. The van der Waals surface area contributed by atoms with Gasteiger partial charge in [-0.1, -0.05) is 78.4 Å². The fraction of sp³-hybridized carbons (Fsp3) is 0.345. The van der Waals surface area contributed by atoms with Gasteiger partial charge < -0.3 is 4.74 Å². The highest BCUT2D eigenvalue weighted by atomic mass is 32.2. The normalized spacial score (nSPS) is 18.7. The number of sulfonamides is 1.